The van der Waals surface area contributed by atoms with Crippen molar-refractivity contribution in [2.75, 3.05) is 17.1 Å². The molecule has 0 atom stereocenters. The fourth-order valence-corrected chi connectivity index (χ4v) is 4.34. The number of methoxy groups -OCH3 is 1. The molecule has 0 unspecified atom stereocenters. The van der Waals surface area contributed by atoms with Crippen molar-refractivity contribution in [2.24, 2.45) is 0 Å². The highest BCUT2D eigenvalue weighted by molar-refractivity contribution is 7.92. The Labute approximate surface area is 185 Å². The van der Waals surface area contributed by atoms with Crippen LogP contribution in [0, 0.1) is 0 Å². The molecule has 0 heterocycles. The van der Waals surface area contributed by atoms with Crippen molar-refractivity contribution in [1.29, 1.82) is 0 Å². The Kier molecular flexibility index (Phi) is 5.70. The van der Waals surface area contributed by atoms with Crippen LogP contribution in [0.4, 0.5) is 11.4 Å². The molecular weight excluding hydrogens is 428 g/mol. The van der Waals surface area contributed by atoms with Gasteiger partial charge in [0.1, 0.15) is 11.5 Å². The van der Waals surface area contributed by atoms with Crippen LogP contribution in [0.2, 0.25) is 0 Å². The van der Waals surface area contributed by atoms with E-state index in [1.165, 1.54) is 25.3 Å². The minimum atomic E-state index is -4.01. The lowest BCUT2D eigenvalue weighted by molar-refractivity contribution is 0.102. The van der Waals surface area contributed by atoms with Crippen LogP contribution >= 0.6 is 0 Å². The third-order valence-electron chi connectivity index (χ3n) is 4.89. The van der Waals surface area contributed by atoms with Crippen LogP contribution in [0.3, 0.4) is 0 Å². The molecule has 0 spiro atoms. The highest BCUT2D eigenvalue weighted by Gasteiger charge is 2.19. The average molecular weight is 449 g/mol. The molecule has 0 fully saturated rings. The first-order valence-corrected chi connectivity index (χ1v) is 11.1. The number of aromatic hydroxyl groups is 1. The van der Waals surface area contributed by atoms with E-state index >= 15 is 0 Å². The second-order valence-electron chi connectivity index (χ2n) is 7.00. The number of hydrogen-bond acceptors (Lipinski definition) is 5. The van der Waals surface area contributed by atoms with Gasteiger partial charge in [0.25, 0.3) is 15.9 Å². The lowest BCUT2D eigenvalue weighted by atomic mass is 10.1. The number of para-hydroxylation sites is 2. The molecule has 0 saturated heterocycles. The minimum absolute atomic E-state index is 0.0222. The summed E-state index contributed by atoms with van der Waals surface area (Å²) in [4.78, 5) is 12.6. The van der Waals surface area contributed by atoms with Crippen molar-refractivity contribution in [3.05, 3.63) is 90.5 Å². The summed E-state index contributed by atoms with van der Waals surface area (Å²) in [5, 5.41) is 14.7. The van der Waals surface area contributed by atoms with Gasteiger partial charge in [0, 0.05) is 5.56 Å². The average Bonchev–Trinajstić information content (AvgIpc) is 2.80. The molecule has 0 aromatic heterocycles. The van der Waals surface area contributed by atoms with Gasteiger partial charge in [-0.3, -0.25) is 9.52 Å². The van der Waals surface area contributed by atoms with Crippen LogP contribution < -0.4 is 14.8 Å². The summed E-state index contributed by atoms with van der Waals surface area (Å²) in [6, 6.07) is 23.1. The first-order chi connectivity index (χ1) is 15.4. The predicted molar refractivity (Wildman–Crippen MR) is 124 cm³/mol. The molecule has 7 nitrogen and oxygen atoms in total. The van der Waals surface area contributed by atoms with Crippen molar-refractivity contribution in [3.8, 4) is 11.5 Å². The van der Waals surface area contributed by atoms with E-state index in [-0.39, 0.29) is 22.0 Å². The quantitative estimate of drug-likeness (QED) is 0.374. The summed E-state index contributed by atoms with van der Waals surface area (Å²) in [5.74, 6) is -0.367. The number of hydrogen-bond donors (Lipinski definition) is 3. The molecule has 0 bridgehead atoms. The number of benzene rings is 4. The van der Waals surface area contributed by atoms with E-state index in [0.717, 1.165) is 10.8 Å². The molecule has 4 rings (SSSR count). The Bertz CT molecular complexity index is 1420. The van der Waals surface area contributed by atoms with Gasteiger partial charge in [0.15, 0.2) is 0 Å². The Morgan fingerprint density at radius 2 is 1.56 bits per heavy atom. The number of phenols is 1. The van der Waals surface area contributed by atoms with Crippen LogP contribution in [-0.4, -0.2) is 26.5 Å². The Morgan fingerprint density at radius 3 is 2.34 bits per heavy atom. The van der Waals surface area contributed by atoms with Gasteiger partial charge in [-0.2, -0.15) is 0 Å². The SMILES string of the molecule is COc1ccccc1NS(=O)(=O)c1ccc(O)c(NC(=O)c2ccc3ccccc3c2)c1. The second kappa shape index (κ2) is 8.60. The fourth-order valence-electron chi connectivity index (χ4n) is 3.24. The monoisotopic (exact) mass is 448 g/mol. The molecule has 32 heavy (non-hydrogen) atoms. The summed E-state index contributed by atoms with van der Waals surface area (Å²) in [7, 11) is -2.57. The van der Waals surface area contributed by atoms with Crippen molar-refractivity contribution in [2.45, 2.75) is 4.90 Å². The van der Waals surface area contributed by atoms with Gasteiger partial charge in [-0.1, -0.05) is 42.5 Å². The zero-order valence-electron chi connectivity index (χ0n) is 17.1. The van der Waals surface area contributed by atoms with Gasteiger partial charge < -0.3 is 15.2 Å². The molecule has 0 aliphatic rings. The van der Waals surface area contributed by atoms with E-state index in [4.69, 9.17) is 4.74 Å². The molecule has 4 aromatic rings. The molecule has 0 saturated carbocycles. The molecule has 0 radical (unpaired) electrons. The first kappa shape index (κ1) is 21.2. The molecule has 162 valence electrons. The maximum absolute atomic E-state index is 12.9. The zero-order chi connectivity index (χ0) is 22.7. The molecule has 0 aliphatic heterocycles. The number of sulfonamides is 1. The lowest BCUT2D eigenvalue weighted by Crippen LogP contribution is -2.15. The largest absolute Gasteiger partial charge is 0.506 e. The number of rotatable bonds is 6. The summed E-state index contributed by atoms with van der Waals surface area (Å²) in [6.45, 7) is 0. The maximum atomic E-state index is 12.9. The smallest absolute Gasteiger partial charge is 0.262 e. The Hall–Kier alpha value is -4.04. The molecule has 1 amide bonds. The highest BCUT2D eigenvalue weighted by atomic mass is 32.2. The van der Waals surface area contributed by atoms with E-state index in [9.17, 15) is 18.3 Å². The van der Waals surface area contributed by atoms with Gasteiger partial charge in [0.05, 0.1) is 23.4 Å². The summed E-state index contributed by atoms with van der Waals surface area (Å²) in [6.07, 6.45) is 0. The number of carbonyl (C=O) groups is 1. The summed E-state index contributed by atoms with van der Waals surface area (Å²) in [5.41, 5.74) is 0.624. The van der Waals surface area contributed by atoms with Gasteiger partial charge >= 0.3 is 0 Å². The van der Waals surface area contributed by atoms with Crippen molar-refractivity contribution >= 4 is 38.1 Å². The van der Waals surface area contributed by atoms with Gasteiger partial charge in [0.2, 0.25) is 0 Å². The third kappa shape index (κ3) is 4.35. The van der Waals surface area contributed by atoms with E-state index in [0.29, 0.717) is 11.3 Å². The molecule has 8 heteroatoms. The van der Waals surface area contributed by atoms with Gasteiger partial charge in [-0.05, 0) is 53.2 Å². The van der Waals surface area contributed by atoms with E-state index in [1.54, 1.807) is 36.4 Å². The third-order valence-corrected chi connectivity index (χ3v) is 6.25. The summed E-state index contributed by atoms with van der Waals surface area (Å²) < 4.78 is 33.4. The fraction of sp³-hybridized carbons (Fsp3) is 0.0417. The van der Waals surface area contributed by atoms with E-state index in [2.05, 4.69) is 10.0 Å². The summed E-state index contributed by atoms with van der Waals surface area (Å²) >= 11 is 0. The molecule has 3 N–H and O–H groups in total. The number of fused-ring (bicyclic) bond motifs is 1. The molecule has 4 aromatic carbocycles. The normalized spacial score (nSPS) is 11.2. The maximum Gasteiger partial charge on any atom is 0.262 e. The minimum Gasteiger partial charge on any atom is -0.506 e. The molecular formula is C24H20N2O5S. The second-order valence-corrected chi connectivity index (χ2v) is 8.68. The first-order valence-electron chi connectivity index (χ1n) is 9.66. The van der Waals surface area contributed by atoms with Crippen LogP contribution in [0.25, 0.3) is 10.8 Å². The van der Waals surface area contributed by atoms with Crippen molar-refractivity contribution in [1.82, 2.24) is 0 Å². The van der Waals surface area contributed by atoms with Gasteiger partial charge in [-0.15, -0.1) is 0 Å². The number of nitrogens with one attached hydrogen (secondary N) is 2. The van der Waals surface area contributed by atoms with Crippen LogP contribution in [0.1, 0.15) is 10.4 Å². The lowest BCUT2D eigenvalue weighted by Gasteiger charge is -2.13. The van der Waals surface area contributed by atoms with Gasteiger partial charge in [-0.25, -0.2) is 8.42 Å². The zero-order valence-corrected chi connectivity index (χ0v) is 17.9. The predicted octanol–water partition coefficient (Wildman–Crippen LogP) is 4.61. The number of carbonyl (C=O) groups excluding carboxylic acids is 1. The highest BCUT2D eigenvalue weighted by Crippen LogP contribution is 2.30. The van der Waals surface area contributed by atoms with E-state index < -0.39 is 15.9 Å². The van der Waals surface area contributed by atoms with Crippen molar-refractivity contribution in [3.63, 3.8) is 0 Å². The van der Waals surface area contributed by atoms with E-state index in [1.807, 2.05) is 30.3 Å². The van der Waals surface area contributed by atoms with Crippen LogP contribution in [0.5, 0.6) is 11.5 Å². The number of amides is 1. The van der Waals surface area contributed by atoms with Crippen LogP contribution in [0.15, 0.2) is 89.8 Å². The van der Waals surface area contributed by atoms with Crippen LogP contribution in [-0.2, 0) is 10.0 Å². The number of phenolic OH excluding ortho intramolecular Hbond substituents is 1. The Balaban J connectivity index is 1.61. The topological polar surface area (TPSA) is 105 Å². The standard InChI is InChI=1S/C24H20N2O5S/c1-31-23-9-5-4-8-20(23)26-32(29,30)19-12-13-22(27)21(15-19)25-24(28)18-11-10-16-6-2-3-7-17(16)14-18/h2-15,26-27H,1H3,(H,25,28). The number of anilines is 2. The van der Waals surface area contributed by atoms with Crippen molar-refractivity contribution < 1.29 is 23.1 Å². The molecule has 0 aliphatic carbocycles. The number of ether oxygens (including phenoxy) is 1. The Morgan fingerprint density at radius 1 is 0.844 bits per heavy atom.